The van der Waals surface area contributed by atoms with Crippen molar-refractivity contribution >= 4 is 21.6 Å². The Morgan fingerprint density at radius 2 is 2.00 bits per heavy atom. The van der Waals surface area contributed by atoms with E-state index in [0.29, 0.717) is 12.2 Å². The van der Waals surface area contributed by atoms with Crippen LogP contribution in [0.3, 0.4) is 0 Å². The van der Waals surface area contributed by atoms with Gasteiger partial charge >= 0.3 is 0 Å². The van der Waals surface area contributed by atoms with Crippen LogP contribution in [-0.2, 0) is 21.4 Å². The highest BCUT2D eigenvalue weighted by Gasteiger charge is 2.08. The van der Waals surface area contributed by atoms with Gasteiger partial charge in [0.05, 0.1) is 11.4 Å². The van der Waals surface area contributed by atoms with Crippen molar-refractivity contribution < 1.29 is 13.2 Å². The second kappa shape index (κ2) is 5.80. The summed E-state index contributed by atoms with van der Waals surface area (Å²) in [6.45, 7) is 0.418. The first-order valence-corrected chi connectivity index (χ1v) is 7.25. The van der Waals surface area contributed by atoms with Crippen LogP contribution < -0.4 is 10.5 Å². The molecule has 0 aliphatic rings. The SMILES string of the molecule is NS(=O)(=O)c1ccc(NC(=O)CCn2cncn2)cc1. The van der Waals surface area contributed by atoms with Gasteiger partial charge in [0, 0.05) is 12.1 Å². The van der Waals surface area contributed by atoms with Crippen LogP contribution in [0, 0.1) is 0 Å². The van der Waals surface area contributed by atoms with Crippen molar-refractivity contribution in [2.45, 2.75) is 17.9 Å². The molecule has 2 rings (SSSR count). The highest BCUT2D eigenvalue weighted by atomic mass is 32.2. The number of sulfonamides is 1. The van der Waals surface area contributed by atoms with Gasteiger partial charge in [-0.05, 0) is 24.3 Å². The Balaban J connectivity index is 1.91. The zero-order chi connectivity index (χ0) is 14.6. The molecule has 0 bridgehead atoms. The topological polar surface area (TPSA) is 120 Å². The molecule has 1 aromatic carbocycles. The van der Waals surface area contributed by atoms with Gasteiger partial charge in [-0.2, -0.15) is 5.10 Å². The van der Waals surface area contributed by atoms with Crippen molar-refractivity contribution in [2.24, 2.45) is 5.14 Å². The summed E-state index contributed by atoms with van der Waals surface area (Å²) in [7, 11) is -3.72. The lowest BCUT2D eigenvalue weighted by Gasteiger charge is -2.06. The van der Waals surface area contributed by atoms with Gasteiger partial charge < -0.3 is 5.32 Å². The normalized spacial score (nSPS) is 11.2. The van der Waals surface area contributed by atoms with Crippen LogP contribution >= 0.6 is 0 Å². The van der Waals surface area contributed by atoms with Crippen LogP contribution in [0.5, 0.6) is 0 Å². The summed E-state index contributed by atoms with van der Waals surface area (Å²) < 4.78 is 23.7. The summed E-state index contributed by atoms with van der Waals surface area (Å²) in [6.07, 6.45) is 3.15. The Bertz CT molecular complexity index is 679. The average Bonchev–Trinajstić information content (AvgIpc) is 2.89. The number of aryl methyl sites for hydroxylation is 1. The third-order valence-electron chi connectivity index (χ3n) is 2.50. The van der Waals surface area contributed by atoms with Gasteiger partial charge in [-0.3, -0.25) is 9.48 Å². The molecule has 8 nitrogen and oxygen atoms in total. The highest BCUT2D eigenvalue weighted by Crippen LogP contribution is 2.12. The van der Waals surface area contributed by atoms with E-state index in [1.54, 1.807) is 4.68 Å². The summed E-state index contributed by atoms with van der Waals surface area (Å²) in [5, 5.41) is 11.5. The third kappa shape index (κ3) is 3.87. The maximum atomic E-state index is 11.7. The van der Waals surface area contributed by atoms with Crippen molar-refractivity contribution in [3.05, 3.63) is 36.9 Å². The minimum atomic E-state index is -3.72. The fourth-order valence-corrected chi connectivity index (χ4v) is 2.03. The van der Waals surface area contributed by atoms with Gasteiger partial charge in [-0.25, -0.2) is 18.5 Å². The van der Waals surface area contributed by atoms with E-state index in [0.717, 1.165) is 0 Å². The molecule has 1 aromatic heterocycles. The molecule has 20 heavy (non-hydrogen) atoms. The number of carbonyl (C=O) groups is 1. The Morgan fingerprint density at radius 1 is 1.30 bits per heavy atom. The van der Waals surface area contributed by atoms with Crippen molar-refractivity contribution in [2.75, 3.05) is 5.32 Å². The predicted octanol–water partition coefficient (Wildman–Crippen LogP) is -0.0457. The lowest BCUT2D eigenvalue weighted by molar-refractivity contribution is -0.116. The molecule has 0 fully saturated rings. The average molecular weight is 295 g/mol. The molecule has 0 atom stereocenters. The third-order valence-corrected chi connectivity index (χ3v) is 3.43. The fraction of sp³-hybridized carbons (Fsp3) is 0.182. The van der Waals surface area contributed by atoms with Crippen LogP contribution in [-0.4, -0.2) is 29.1 Å². The van der Waals surface area contributed by atoms with Crippen LogP contribution in [0.15, 0.2) is 41.8 Å². The molecule has 3 N–H and O–H groups in total. The number of primary sulfonamides is 1. The predicted molar refractivity (Wildman–Crippen MR) is 71.1 cm³/mol. The van der Waals surface area contributed by atoms with E-state index in [2.05, 4.69) is 15.4 Å². The molecule has 1 amide bonds. The summed E-state index contributed by atoms with van der Waals surface area (Å²) >= 11 is 0. The van der Waals surface area contributed by atoms with Crippen molar-refractivity contribution in [1.29, 1.82) is 0 Å². The summed E-state index contributed by atoms with van der Waals surface area (Å²) in [5.41, 5.74) is 0.501. The molecular formula is C11H13N5O3S. The van der Waals surface area contributed by atoms with E-state index in [9.17, 15) is 13.2 Å². The number of benzene rings is 1. The molecule has 0 aliphatic heterocycles. The molecule has 0 radical (unpaired) electrons. The molecule has 0 saturated heterocycles. The van der Waals surface area contributed by atoms with Crippen LogP contribution in [0.2, 0.25) is 0 Å². The Morgan fingerprint density at radius 3 is 2.55 bits per heavy atom. The zero-order valence-electron chi connectivity index (χ0n) is 10.4. The van der Waals surface area contributed by atoms with Gasteiger partial charge in [0.1, 0.15) is 12.7 Å². The molecule has 2 aromatic rings. The molecule has 0 unspecified atom stereocenters. The van der Waals surface area contributed by atoms with Gasteiger partial charge in [0.15, 0.2) is 0 Å². The first-order chi connectivity index (χ1) is 9.45. The van der Waals surface area contributed by atoms with Gasteiger partial charge in [-0.15, -0.1) is 0 Å². The second-order valence-electron chi connectivity index (χ2n) is 4.03. The van der Waals surface area contributed by atoms with Crippen LogP contribution in [0.25, 0.3) is 0 Å². The smallest absolute Gasteiger partial charge is 0.238 e. The van der Waals surface area contributed by atoms with E-state index < -0.39 is 10.0 Å². The number of hydrogen-bond donors (Lipinski definition) is 2. The quantitative estimate of drug-likeness (QED) is 0.801. The van der Waals surface area contributed by atoms with Gasteiger partial charge in [-0.1, -0.05) is 0 Å². The van der Waals surface area contributed by atoms with Crippen LogP contribution in [0.1, 0.15) is 6.42 Å². The maximum absolute atomic E-state index is 11.7. The number of anilines is 1. The number of rotatable bonds is 5. The van der Waals surface area contributed by atoms with E-state index in [1.807, 2.05) is 0 Å². The van der Waals surface area contributed by atoms with E-state index >= 15 is 0 Å². The molecule has 106 valence electrons. The molecule has 0 spiro atoms. The number of nitrogens with zero attached hydrogens (tertiary/aromatic N) is 3. The fourth-order valence-electron chi connectivity index (χ4n) is 1.52. The number of nitrogens with one attached hydrogen (secondary N) is 1. The number of amides is 1. The van der Waals surface area contributed by atoms with E-state index in [1.165, 1.54) is 36.9 Å². The summed E-state index contributed by atoms with van der Waals surface area (Å²) in [6, 6.07) is 5.63. The minimum absolute atomic E-state index is 0.00175. The van der Waals surface area contributed by atoms with E-state index in [4.69, 9.17) is 5.14 Å². The maximum Gasteiger partial charge on any atom is 0.238 e. The Hall–Kier alpha value is -2.26. The van der Waals surface area contributed by atoms with Gasteiger partial charge in [0.25, 0.3) is 0 Å². The Kier molecular flexibility index (Phi) is 4.11. The highest BCUT2D eigenvalue weighted by molar-refractivity contribution is 7.89. The minimum Gasteiger partial charge on any atom is -0.326 e. The van der Waals surface area contributed by atoms with Crippen molar-refractivity contribution in [3.63, 3.8) is 0 Å². The summed E-state index contributed by atoms with van der Waals surface area (Å²) in [5.74, 6) is -0.205. The first-order valence-electron chi connectivity index (χ1n) is 5.70. The monoisotopic (exact) mass is 295 g/mol. The number of hydrogen-bond acceptors (Lipinski definition) is 5. The molecular weight excluding hydrogens is 282 g/mol. The van der Waals surface area contributed by atoms with Crippen LogP contribution in [0.4, 0.5) is 5.69 Å². The van der Waals surface area contributed by atoms with Crippen molar-refractivity contribution in [1.82, 2.24) is 14.8 Å². The Labute approximate surface area is 115 Å². The zero-order valence-corrected chi connectivity index (χ0v) is 11.2. The largest absolute Gasteiger partial charge is 0.326 e. The first kappa shape index (κ1) is 14.2. The lowest BCUT2D eigenvalue weighted by Crippen LogP contribution is -2.15. The lowest BCUT2D eigenvalue weighted by atomic mass is 10.3. The summed E-state index contributed by atoms with van der Waals surface area (Å²) in [4.78, 5) is 15.4. The number of aromatic nitrogens is 3. The van der Waals surface area contributed by atoms with E-state index in [-0.39, 0.29) is 17.2 Å². The standard InChI is InChI=1S/C11H13N5O3S/c12-20(18,19)10-3-1-9(2-4-10)15-11(17)5-6-16-8-13-7-14-16/h1-4,7-8H,5-6H2,(H,15,17)(H2,12,18,19). The molecule has 0 saturated carbocycles. The second-order valence-corrected chi connectivity index (χ2v) is 5.59. The molecule has 0 aliphatic carbocycles. The number of nitrogens with two attached hydrogens (primary N) is 1. The van der Waals surface area contributed by atoms with Crippen molar-refractivity contribution in [3.8, 4) is 0 Å². The van der Waals surface area contributed by atoms with Gasteiger partial charge in [0.2, 0.25) is 15.9 Å². The number of carbonyl (C=O) groups excluding carboxylic acids is 1. The molecule has 1 heterocycles. The molecule has 9 heteroatoms.